The Kier molecular flexibility index (Phi) is 7.02. The lowest BCUT2D eigenvalue weighted by Gasteiger charge is -2.23. The molecule has 0 aliphatic rings. The van der Waals surface area contributed by atoms with Gasteiger partial charge in [0.25, 0.3) is 0 Å². The van der Waals surface area contributed by atoms with Crippen molar-refractivity contribution in [3.63, 3.8) is 0 Å². The first kappa shape index (κ1) is 19.0. The minimum atomic E-state index is -0.790. The lowest BCUT2D eigenvalue weighted by atomic mass is 10.0. The Labute approximate surface area is 145 Å². The number of nitriles is 1. The van der Waals surface area contributed by atoms with E-state index >= 15 is 0 Å². The molecule has 1 unspecified atom stereocenters. The van der Waals surface area contributed by atoms with E-state index in [1.54, 1.807) is 36.2 Å². The summed E-state index contributed by atoms with van der Waals surface area (Å²) in [6.45, 7) is 0.513. The van der Waals surface area contributed by atoms with Crippen molar-refractivity contribution in [2.45, 2.75) is 12.2 Å². The molecule has 0 fully saturated rings. The molecule has 0 bridgehead atoms. The number of rotatable bonds is 8. The third kappa shape index (κ3) is 5.91. The molecule has 0 radical (unpaired) electrons. The minimum absolute atomic E-state index is 0.0230. The van der Waals surface area contributed by atoms with Crippen molar-refractivity contribution in [3.05, 3.63) is 71.3 Å². The van der Waals surface area contributed by atoms with Crippen molar-refractivity contribution >= 4 is 0 Å². The average molecular weight is 346 g/mol. The Morgan fingerprint density at radius 2 is 1.52 bits per heavy atom. The first-order valence-corrected chi connectivity index (χ1v) is 7.85. The van der Waals surface area contributed by atoms with Gasteiger partial charge in [-0.3, -0.25) is 4.90 Å². The van der Waals surface area contributed by atoms with E-state index in [1.165, 1.54) is 24.3 Å². The largest absolute Gasteiger partial charge is 0.389 e. The fourth-order valence-electron chi connectivity index (χ4n) is 2.47. The van der Waals surface area contributed by atoms with Crippen LogP contribution in [0.15, 0.2) is 48.5 Å². The lowest BCUT2D eigenvalue weighted by molar-refractivity contribution is -0.00424. The number of hydrogen-bond acceptors (Lipinski definition) is 4. The minimum Gasteiger partial charge on any atom is -0.389 e. The van der Waals surface area contributed by atoms with Gasteiger partial charge in [0.2, 0.25) is 0 Å². The molecular formula is C19H20F2N2O2. The predicted octanol–water partition coefficient (Wildman–Crippen LogP) is 2.89. The molecule has 0 saturated heterocycles. The van der Waals surface area contributed by atoms with Crippen LogP contribution in [0, 0.1) is 23.0 Å². The van der Waals surface area contributed by atoms with Crippen LogP contribution in [0.25, 0.3) is 0 Å². The molecule has 0 aromatic heterocycles. The second-order valence-electron chi connectivity index (χ2n) is 5.83. The number of benzene rings is 2. The fourth-order valence-corrected chi connectivity index (χ4v) is 2.47. The molecule has 2 aromatic carbocycles. The van der Waals surface area contributed by atoms with Gasteiger partial charge in [0.1, 0.15) is 17.7 Å². The zero-order valence-electron chi connectivity index (χ0n) is 13.9. The van der Waals surface area contributed by atoms with E-state index in [1.807, 2.05) is 6.07 Å². The average Bonchev–Trinajstić information content (AvgIpc) is 2.58. The first-order chi connectivity index (χ1) is 12.0. The summed E-state index contributed by atoms with van der Waals surface area (Å²) in [6.07, 6.45) is -1.35. The molecule has 0 aliphatic heterocycles. The van der Waals surface area contributed by atoms with Crippen molar-refractivity contribution in [1.29, 1.82) is 5.26 Å². The maximum atomic E-state index is 13.2. The lowest BCUT2D eigenvalue weighted by Crippen LogP contribution is -2.33. The third-order valence-corrected chi connectivity index (χ3v) is 3.66. The second kappa shape index (κ2) is 9.23. The maximum Gasteiger partial charge on any atom is 0.123 e. The summed E-state index contributed by atoms with van der Waals surface area (Å²) in [4.78, 5) is 1.68. The highest BCUT2D eigenvalue weighted by Gasteiger charge is 2.18. The van der Waals surface area contributed by atoms with Gasteiger partial charge in [-0.1, -0.05) is 24.3 Å². The first-order valence-electron chi connectivity index (χ1n) is 7.85. The SMILES string of the molecule is CN(CC#N)CC(O)COC(c1ccc(F)cc1)c1ccc(F)cc1. The maximum absolute atomic E-state index is 13.2. The van der Waals surface area contributed by atoms with Crippen LogP contribution in [0.1, 0.15) is 17.2 Å². The van der Waals surface area contributed by atoms with Crippen LogP contribution in [0.4, 0.5) is 8.78 Å². The van der Waals surface area contributed by atoms with Gasteiger partial charge in [-0.15, -0.1) is 0 Å². The van der Waals surface area contributed by atoms with E-state index in [4.69, 9.17) is 10.00 Å². The normalized spacial score (nSPS) is 12.4. The summed E-state index contributed by atoms with van der Waals surface area (Å²) >= 11 is 0. The Hall–Kier alpha value is -2.33. The van der Waals surface area contributed by atoms with Gasteiger partial charge in [-0.2, -0.15) is 5.26 Å². The summed E-state index contributed by atoms with van der Waals surface area (Å²) in [5, 5.41) is 18.7. The highest BCUT2D eigenvalue weighted by atomic mass is 19.1. The van der Waals surface area contributed by atoms with Crippen LogP contribution >= 0.6 is 0 Å². The quantitative estimate of drug-likeness (QED) is 0.747. The topological polar surface area (TPSA) is 56.5 Å². The zero-order valence-corrected chi connectivity index (χ0v) is 13.9. The molecule has 0 saturated carbocycles. The standard InChI is InChI=1S/C19H20F2N2O2/c1-23(11-10-22)12-18(24)13-25-19(14-2-6-16(20)7-3-14)15-4-8-17(21)9-5-15/h2-9,18-19,24H,11-13H2,1H3. The molecule has 6 heteroatoms. The van der Waals surface area contributed by atoms with Gasteiger partial charge in [0, 0.05) is 6.54 Å². The highest BCUT2D eigenvalue weighted by Crippen LogP contribution is 2.26. The number of likely N-dealkylation sites (N-methyl/N-ethyl adjacent to an activating group) is 1. The van der Waals surface area contributed by atoms with Crippen molar-refractivity contribution < 1.29 is 18.6 Å². The molecule has 0 aliphatic carbocycles. The number of aliphatic hydroxyl groups is 1. The summed E-state index contributed by atoms with van der Waals surface area (Å²) in [6, 6.07) is 13.7. The number of ether oxygens (including phenoxy) is 1. The van der Waals surface area contributed by atoms with Crippen molar-refractivity contribution in [3.8, 4) is 6.07 Å². The monoisotopic (exact) mass is 346 g/mol. The Morgan fingerprint density at radius 3 is 1.96 bits per heavy atom. The van der Waals surface area contributed by atoms with Crippen LogP contribution in [0.3, 0.4) is 0 Å². The van der Waals surface area contributed by atoms with Crippen molar-refractivity contribution in [1.82, 2.24) is 4.90 Å². The van der Waals surface area contributed by atoms with Crippen LogP contribution in [0.2, 0.25) is 0 Å². The van der Waals surface area contributed by atoms with E-state index in [9.17, 15) is 13.9 Å². The predicted molar refractivity (Wildman–Crippen MR) is 89.7 cm³/mol. The number of nitrogens with zero attached hydrogens (tertiary/aromatic N) is 2. The van der Waals surface area contributed by atoms with Gasteiger partial charge in [0.15, 0.2) is 0 Å². The van der Waals surface area contributed by atoms with E-state index in [0.29, 0.717) is 11.1 Å². The molecule has 0 spiro atoms. The summed E-state index contributed by atoms with van der Waals surface area (Å²) in [7, 11) is 1.73. The Balaban J connectivity index is 2.11. The second-order valence-corrected chi connectivity index (χ2v) is 5.83. The van der Waals surface area contributed by atoms with Crippen LogP contribution in [0.5, 0.6) is 0 Å². The van der Waals surface area contributed by atoms with Gasteiger partial charge < -0.3 is 9.84 Å². The molecule has 0 amide bonds. The van der Waals surface area contributed by atoms with Gasteiger partial charge >= 0.3 is 0 Å². The number of hydrogen-bond donors (Lipinski definition) is 1. The van der Waals surface area contributed by atoms with Gasteiger partial charge in [-0.05, 0) is 42.4 Å². The fraction of sp³-hybridized carbons (Fsp3) is 0.316. The number of halogens is 2. The van der Waals surface area contributed by atoms with Crippen molar-refractivity contribution in [2.24, 2.45) is 0 Å². The molecule has 25 heavy (non-hydrogen) atoms. The molecule has 1 atom stereocenters. The van der Waals surface area contributed by atoms with Gasteiger partial charge in [0.05, 0.1) is 25.3 Å². The smallest absolute Gasteiger partial charge is 0.123 e. The van der Waals surface area contributed by atoms with Crippen LogP contribution < -0.4 is 0 Å². The van der Waals surface area contributed by atoms with E-state index in [2.05, 4.69) is 0 Å². The van der Waals surface area contributed by atoms with E-state index in [-0.39, 0.29) is 31.3 Å². The summed E-state index contributed by atoms with van der Waals surface area (Å²) in [5.74, 6) is -0.723. The van der Waals surface area contributed by atoms with Gasteiger partial charge in [-0.25, -0.2) is 8.78 Å². The molecular weight excluding hydrogens is 326 g/mol. The van der Waals surface area contributed by atoms with E-state index < -0.39 is 12.2 Å². The van der Waals surface area contributed by atoms with E-state index in [0.717, 1.165) is 0 Å². The molecule has 132 valence electrons. The summed E-state index contributed by atoms with van der Waals surface area (Å²) < 4.78 is 32.2. The summed E-state index contributed by atoms with van der Waals surface area (Å²) in [5.41, 5.74) is 1.40. The molecule has 4 nitrogen and oxygen atoms in total. The van der Waals surface area contributed by atoms with Crippen molar-refractivity contribution in [2.75, 3.05) is 26.7 Å². The zero-order chi connectivity index (χ0) is 18.2. The molecule has 1 N–H and O–H groups in total. The van der Waals surface area contributed by atoms with Crippen LogP contribution in [-0.4, -0.2) is 42.9 Å². The Morgan fingerprint density at radius 1 is 1.04 bits per heavy atom. The Bertz CT molecular complexity index is 653. The number of aliphatic hydroxyl groups excluding tert-OH is 1. The van der Waals surface area contributed by atoms with Crippen LogP contribution in [-0.2, 0) is 4.74 Å². The molecule has 2 rings (SSSR count). The molecule has 2 aromatic rings. The highest BCUT2D eigenvalue weighted by molar-refractivity contribution is 5.30. The third-order valence-electron chi connectivity index (χ3n) is 3.66. The molecule has 0 heterocycles.